The maximum absolute atomic E-state index is 9.85. The Kier molecular flexibility index (Phi) is 3.82. The van der Waals surface area contributed by atoms with Crippen LogP contribution in [-0.4, -0.2) is 5.11 Å². The molecule has 18 heavy (non-hydrogen) atoms. The fraction of sp³-hybridized carbons (Fsp3) is 0.267. The fourth-order valence-corrected chi connectivity index (χ4v) is 1.91. The van der Waals surface area contributed by atoms with Crippen LogP contribution >= 0.6 is 0 Å². The van der Waals surface area contributed by atoms with E-state index in [0.717, 1.165) is 17.8 Å². The highest BCUT2D eigenvalue weighted by Crippen LogP contribution is 2.27. The van der Waals surface area contributed by atoms with E-state index in [2.05, 4.69) is 6.92 Å². The van der Waals surface area contributed by atoms with Crippen LogP contribution in [0.3, 0.4) is 0 Å². The van der Waals surface area contributed by atoms with E-state index in [4.69, 9.17) is 4.74 Å². The minimum absolute atomic E-state index is 0.188. The third kappa shape index (κ3) is 2.62. The number of hydrogen-bond acceptors (Lipinski definition) is 2. The molecule has 1 aromatic carbocycles. The number of benzene rings is 1. The van der Waals surface area contributed by atoms with Crippen LogP contribution in [0.4, 0.5) is 0 Å². The zero-order valence-corrected chi connectivity index (χ0v) is 10.8. The topological polar surface area (TPSA) is 33.3 Å². The Morgan fingerprint density at radius 2 is 1.89 bits per heavy atom. The van der Waals surface area contributed by atoms with Gasteiger partial charge in [0.05, 0.1) is 0 Å². The summed E-state index contributed by atoms with van der Waals surface area (Å²) in [5, 5.41) is 9.85. The average molecular weight is 244 g/mol. The van der Waals surface area contributed by atoms with Crippen molar-refractivity contribution in [2.45, 2.75) is 27.0 Å². The van der Waals surface area contributed by atoms with Gasteiger partial charge >= 0.3 is 0 Å². The smallest absolute Gasteiger partial charge is 0.229 e. The number of ether oxygens (including phenoxy) is 1. The van der Waals surface area contributed by atoms with E-state index in [1.54, 1.807) is 6.07 Å². The molecule has 3 nitrogen and oxygen atoms in total. The predicted molar refractivity (Wildman–Crippen MR) is 69.5 cm³/mol. The van der Waals surface area contributed by atoms with Crippen molar-refractivity contribution in [1.29, 1.82) is 0 Å². The van der Waals surface area contributed by atoms with Crippen molar-refractivity contribution in [1.82, 2.24) is 0 Å². The second-order valence-electron chi connectivity index (χ2n) is 4.18. The molecule has 0 spiro atoms. The number of aromatic hydroxyl groups is 1. The molecule has 0 unspecified atom stereocenters. The standard InChI is InChI=1S/C15H17NO2/c1-3-16-10-9-14(17)15(12(16)2)18-11-13-7-5-4-6-8-13/h4-10H,3,11H2,1-2H3/p+1. The maximum Gasteiger partial charge on any atom is 0.229 e. The fourth-order valence-electron chi connectivity index (χ4n) is 1.91. The summed E-state index contributed by atoms with van der Waals surface area (Å²) < 4.78 is 7.77. The Balaban J connectivity index is 2.19. The first-order valence-electron chi connectivity index (χ1n) is 6.11. The molecule has 0 fully saturated rings. The number of aromatic nitrogens is 1. The van der Waals surface area contributed by atoms with E-state index in [1.165, 1.54) is 0 Å². The van der Waals surface area contributed by atoms with E-state index >= 15 is 0 Å². The summed E-state index contributed by atoms with van der Waals surface area (Å²) in [6.07, 6.45) is 1.86. The van der Waals surface area contributed by atoms with Gasteiger partial charge in [0.25, 0.3) is 0 Å². The third-order valence-electron chi connectivity index (χ3n) is 2.97. The quantitative estimate of drug-likeness (QED) is 0.839. The normalized spacial score (nSPS) is 10.3. The molecule has 0 aliphatic rings. The second kappa shape index (κ2) is 5.54. The molecule has 0 atom stereocenters. The molecule has 1 heterocycles. The van der Waals surface area contributed by atoms with Gasteiger partial charge < -0.3 is 9.84 Å². The first-order chi connectivity index (χ1) is 8.72. The molecule has 94 valence electrons. The van der Waals surface area contributed by atoms with Gasteiger partial charge in [0.2, 0.25) is 11.4 Å². The molecule has 0 aliphatic heterocycles. The van der Waals surface area contributed by atoms with Gasteiger partial charge in [-0.25, -0.2) is 0 Å². The molecule has 2 rings (SSSR count). The molecule has 0 amide bonds. The number of nitrogens with zero attached hydrogens (tertiary/aromatic N) is 1. The summed E-state index contributed by atoms with van der Waals surface area (Å²) in [5.74, 6) is 0.747. The molecule has 0 saturated heterocycles. The minimum Gasteiger partial charge on any atom is -0.504 e. The average Bonchev–Trinajstić information content (AvgIpc) is 2.40. The van der Waals surface area contributed by atoms with Crippen LogP contribution in [-0.2, 0) is 13.2 Å². The minimum atomic E-state index is 0.188. The monoisotopic (exact) mass is 244 g/mol. The first-order valence-corrected chi connectivity index (χ1v) is 6.11. The second-order valence-corrected chi connectivity index (χ2v) is 4.18. The van der Waals surface area contributed by atoms with Gasteiger partial charge in [-0.1, -0.05) is 30.3 Å². The molecule has 1 N–H and O–H groups in total. The van der Waals surface area contributed by atoms with E-state index in [0.29, 0.717) is 12.4 Å². The van der Waals surface area contributed by atoms with Crippen molar-refractivity contribution in [2.24, 2.45) is 0 Å². The van der Waals surface area contributed by atoms with Gasteiger partial charge in [-0.05, 0) is 12.5 Å². The SMILES string of the molecule is CC[n+]1ccc(O)c(OCc2ccccc2)c1C. The summed E-state index contributed by atoms with van der Waals surface area (Å²) in [5.41, 5.74) is 2.02. The van der Waals surface area contributed by atoms with E-state index in [1.807, 2.05) is 48.0 Å². The highest BCUT2D eigenvalue weighted by molar-refractivity contribution is 5.38. The molecule has 0 saturated carbocycles. The van der Waals surface area contributed by atoms with Gasteiger partial charge in [0, 0.05) is 13.0 Å². The largest absolute Gasteiger partial charge is 0.504 e. The van der Waals surface area contributed by atoms with Crippen molar-refractivity contribution in [3.8, 4) is 11.5 Å². The maximum atomic E-state index is 9.85. The van der Waals surface area contributed by atoms with Crippen LogP contribution in [0.15, 0.2) is 42.6 Å². The lowest BCUT2D eigenvalue weighted by Gasteiger charge is -2.09. The molecule has 0 aliphatic carbocycles. The molecule has 0 bridgehead atoms. The van der Waals surface area contributed by atoms with Crippen LogP contribution in [0.25, 0.3) is 0 Å². The lowest BCUT2D eigenvalue weighted by Crippen LogP contribution is -2.35. The Morgan fingerprint density at radius 3 is 2.56 bits per heavy atom. The van der Waals surface area contributed by atoms with E-state index in [9.17, 15) is 5.11 Å². The molecule has 0 radical (unpaired) electrons. The van der Waals surface area contributed by atoms with E-state index < -0.39 is 0 Å². The summed E-state index contributed by atoms with van der Waals surface area (Å²) >= 11 is 0. The highest BCUT2D eigenvalue weighted by Gasteiger charge is 2.16. The number of pyridine rings is 1. The molecular formula is C15H18NO2+. The number of rotatable bonds is 4. The van der Waals surface area contributed by atoms with Crippen molar-refractivity contribution < 1.29 is 14.4 Å². The van der Waals surface area contributed by atoms with Gasteiger partial charge in [-0.15, -0.1) is 0 Å². The van der Waals surface area contributed by atoms with Crippen molar-refractivity contribution in [3.05, 3.63) is 53.9 Å². The zero-order chi connectivity index (χ0) is 13.0. The predicted octanol–water partition coefficient (Wildman–Crippen LogP) is 2.59. The molecular weight excluding hydrogens is 226 g/mol. The zero-order valence-electron chi connectivity index (χ0n) is 10.8. The third-order valence-corrected chi connectivity index (χ3v) is 2.97. The van der Waals surface area contributed by atoms with Gasteiger partial charge in [-0.3, -0.25) is 0 Å². The van der Waals surface area contributed by atoms with Crippen LogP contribution in [0.2, 0.25) is 0 Å². The lowest BCUT2D eigenvalue weighted by atomic mass is 10.2. The molecule has 1 aromatic heterocycles. The Hall–Kier alpha value is -2.03. The van der Waals surface area contributed by atoms with Crippen LogP contribution < -0.4 is 9.30 Å². The number of hydrogen-bond donors (Lipinski definition) is 1. The highest BCUT2D eigenvalue weighted by atomic mass is 16.5. The lowest BCUT2D eigenvalue weighted by molar-refractivity contribution is -0.699. The summed E-state index contributed by atoms with van der Waals surface area (Å²) in [7, 11) is 0. The van der Waals surface area contributed by atoms with Crippen molar-refractivity contribution in [2.75, 3.05) is 0 Å². The molecule has 2 aromatic rings. The van der Waals surface area contributed by atoms with Crippen molar-refractivity contribution >= 4 is 0 Å². The molecule has 3 heteroatoms. The first kappa shape index (κ1) is 12.4. The van der Waals surface area contributed by atoms with Gasteiger partial charge in [-0.2, -0.15) is 4.57 Å². The van der Waals surface area contributed by atoms with Crippen molar-refractivity contribution in [3.63, 3.8) is 0 Å². The Labute approximate surface area is 107 Å². The summed E-state index contributed by atoms with van der Waals surface area (Å²) in [6, 6.07) is 11.6. The van der Waals surface area contributed by atoms with E-state index in [-0.39, 0.29) is 5.75 Å². The van der Waals surface area contributed by atoms with Crippen LogP contribution in [0, 0.1) is 6.92 Å². The number of aryl methyl sites for hydroxylation is 1. The van der Waals surface area contributed by atoms with Crippen LogP contribution in [0.1, 0.15) is 18.2 Å². The summed E-state index contributed by atoms with van der Waals surface area (Å²) in [6.45, 7) is 5.32. The van der Waals surface area contributed by atoms with Gasteiger partial charge in [0.15, 0.2) is 11.9 Å². The summed E-state index contributed by atoms with van der Waals surface area (Å²) in [4.78, 5) is 0. The van der Waals surface area contributed by atoms with Gasteiger partial charge in [0.1, 0.15) is 13.2 Å². The Morgan fingerprint density at radius 1 is 1.17 bits per heavy atom. The van der Waals surface area contributed by atoms with Crippen LogP contribution in [0.5, 0.6) is 11.5 Å². The Bertz CT molecular complexity index is 524.